The van der Waals surface area contributed by atoms with E-state index in [-0.39, 0.29) is 10.7 Å². The van der Waals surface area contributed by atoms with Crippen LogP contribution in [0.25, 0.3) is 0 Å². The Bertz CT molecular complexity index is 517. The lowest BCUT2D eigenvalue weighted by molar-refractivity contribution is 0.571. The Morgan fingerprint density at radius 1 is 1.53 bits per heavy atom. The molecule has 1 atom stereocenters. The fourth-order valence-corrected chi connectivity index (χ4v) is 3.28. The van der Waals surface area contributed by atoms with Gasteiger partial charge in [0.05, 0.1) is 4.99 Å². The topological polar surface area (TPSA) is 72.2 Å². The number of nitrogens with two attached hydrogens (primary N) is 1. The second-order valence-electron chi connectivity index (χ2n) is 3.59. The van der Waals surface area contributed by atoms with Crippen molar-refractivity contribution >= 4 is 38.8 Å². The molecular weight excluding hydrogens is 280 g/mol. The molecule has 0 amide bonds. The van der Waals surface area contributed by atoms with Gasteiger partial charge >= 0.3 is 0 Å². The fourth-order valence-electron chi connectivity index (χ4n) is 1.39. The quantitative estimate of drug-likeness (QED) is 0.809. The summed E-state index contributed by atoms with van der Waals surface area (Å²) in [5.74, 6) is -0.364. The maximum Gasteiger partial charge on any atom is 0.218 e. The van der Waals surface area contributed by atoms with Crippen LogP contribution >= 0.6 is 23.8 Å². The van der Waals surface area contributed by atoms with Crippen LogP contribution < -0.4 is 10.5 Å². The van der Waals surface area contributed by atoms with Gasteiger partial charge in [-0.05, 0) is 18.6 Å². The largest absolute Gasteiger partial charge is 0.392 e. The zero-order valence-corrected chi connectivity index (χ0v) is 11.6. The van der Waals surface area contributed by atoms with Gasteiger partial charge in [-0.25, -0.2) is 13.1 Å². The minimum atomic E-state index is -3.52. The van der Waals surface area contributed by atoms with E-state index in [1.165, 1.54) is 0 Å². The van der Waals surface area contributed by atoms with Crippen molar-refractivity contribution in [3.63, 3.8) is 0 Å². The van der Waals surface area contributed by atoms with E-state index in [2.05, 4.69) is 16.9 Å². The lowest BCUT2D eigenvalue weighted by Gasteiger charge is -2.15. The van der Waals surface area contributed by atoms with Crippen LogP contribution in [0.1, 0.15) is 18.5 Å². The predicted octanol–water partition coefficient (Wildman–Crippen LogP) is 1.61. The lowest BCUT2D eigenvalue weighted by Crippen LogP contribution is -2.34. The van der Waals surface area contributed by atoms with Crippen molar-refractivity contribution in [2.45, 2.75) is 13.0 Å². The molecule has 0 aromatic heterocycles. The Hall–Kier alpha value is -0.690. The Morgan fingerprint density at radius 3 is 2.65 bits per heavy atom. The highest BCUT2D eigenvalue weighted by Crippen LogP contribution is 2.22. The molecule has 1 aromatic rings. The van der Waals surface area contributed by atoms with E-state index < -0.39 is 16.1 Å². The Balaban J connectivity index is 2.83. The van der Waals surface area contributed by atoms with Gasteiger partial charge in [-0.3, -0.25) is 0 Å². The number of nitrogens with one attached hydrogen (secondary N) is 1. The van der Waals surface area contributed by atoms with Crippen LogP contribution in [-0.2, 0) is 10.0 Å². The Morgan fingerprint density at radius 2 is 2.12 bits per heavy atom. The molecule has 1 aromatic carbocycles. The summed E-state index contributed by atoms with van der Waals surface area (Å²) in [5, 5.41) is 0.512. The normalized spacial score (nSPS) is 13.3. The molecular formula is C10H13ClN2O2S2. The molecule has 0 radical (unpaired) electrons. The highest BCUT2D eigenvalue weighted by molar-refractivity contribution is 7.92. The Labute approximate surface area is 111 Å². The third kappa shape index (κ3) is 4.59. The summed E-state index contributed by atoms with van der Waals surface area (Å²) in [6.45, 7) is 1.71. The van der Waals surface area contributed by atoms with E-state index in [0.29, 0.717) is 10.6 Å². The lowest BCUT2D eigenvalue weighted by atomic mass is 10.1. The van der Waals surface area contributed by atoms with Gasteiger partial charge in [0.25, 0.3) is 0 Å². The van der Waals surface area contributed by atoms with Crippen molar-refractivity contribution in [1.29, 1.82) is 0 Å². The fraction of sp³-hybridized carbons (Fsp3) is 0.300. The molecule has 1 unspecified atom stereocenters. The minimum absolute atomic E-state index is 0.0659. The molecule has 1 rings (SSSR count). The zero-order chi connectivity index (χ0) is 13.1. The SMILES string of the molecule is CC(NS(=O)(=O)CC(N)=S)c1ccccc1Cl. The molecule has 7 heteroatoms. The summed E-state index contributed by atoms with van der Waals surface area (Å²) in [5.41, 5.74) is 5.92. The molecule has 94 valence electrons. The molecule has 0 saturated carbocycles. The van der Waals surface area contributed by atoms with E-state index in [9.17, 15) is 8.42 Å². The summed E-state index contributed by atoms with van der Waals surface area (Å²) in [6.07, 6.45) is 0. The van der Waals surface area contributed by atoms with Crippen LogP contribution in [0.4, 0.5) is 0 Å². The average Bonchev–Trinajstić information content (AvgIpc) is 2.14. The maximum absolute atomic E-state index is 11.6. The molecule has 4 nitrogen and oxygen atoms in total. The molecule has 0 bridgehead atoms. The van der Waals surface area contributed by atoms with Crippen LogP contribution in [0.15, 0.2) is 24.3 Å². The van der Waals surface area contributed by atoms with Gasteiger partial charge in [0.1, 0.15) is 5.75 Å². The first-order chi connectivity index (χ1) is 7.82. The first-order valence-corrected chi connectivity index (χ1v) is 7.28. The second-order valence-corrected chi connectivity index (χ2v) is 6.27. The van der Waals surface area contributed by atoms with Gasteiger partial charge < -0.3 is 5.73 Å². The van der Waals surface area contributed by atoms with Gasteiger partial charge in [0.2, 0.25) is 10.0 Å². The monoisotopic (exact) mass is 292 g/mol. The molecule has 0 spiro atoms. The molecule has 0 aliphatic carbocycles. The van der Waals surface area contributed by atoms with Crippen LogP contribution in [-0.4, -0.2) is 19.2 Å². The summed E-state index contributed by atoms with van der Waals surface area (Å²) in [4.78, 5) is -0.0659. The Kier molecular flexibility index (Phi) is 4.88. The maximum atomic E-state index is 11.6. The van der Waals surface area contributed by atoms with Crippen molar-refractivity contribution in [3.8, 4) is 0 Å². The number of hydrogen-bond acceptors (Lipinski definition) is 3. The number of halogens is 1. The standard InChI is InChI=1S/C10H13ClN2O2S2/c1-7(8-4-2-3-5-9(8)11)13-17(14,15)6-10(12)16/h2-5,7,13H,6H2,1H3,(H2,12,16). The smallest absolute Gasteiger partial charge is 0.218 e. The first kappa shape index (κ1) is 14.4. The number of benzene rings is 1. The van der Waals surface area contributed by atoms with Crippen molar-refractivity contribution in [2.24, 2.45) is 5.73 Å². The van der Waals surface area contributed by atoms with Crippen molar-refractivity contribution in [2.75, 3.05) is 5.75 Å². The molecule has 0 heterocycles. The van der Waals surface area contributed by atoms with Crippen molar-refractivity contribution in [1.82, 2.24) is 4.72 Å². The highest BCUT2D eigenvalue weighted by atomic mass is 35.5. The van der Waals surface area contributed by atoms with E-state index in [4.69, 9.17) is 17.3 Å². The third-order valence-corrected chi connectivity index (χ3v) is 4.14. The molecule has 0 fully saturated rings. The van der Waals surface area contributed by atoms with E-state index in [1.807, 2.05) is 0 Å². The molecule has 3 N–H and O–H groups in total. The van der Waals surface area contributed by atoms with E-state index in [0.717, 1.165) is 0 Å². The van der Waals surface area contributed by atoms with Gasteiger partial charge in [-0.2, -0.15) is 0 Å². The minimum Gasteiger partial charge on any atom is -0.392 e. The average molecular weight is 293 g/mol. The number of thiocarbonyl (C=S) groups is 1. The van der Waals surface area contributed by atoms with E-state index in [1.54, 1.807) is 31.2 Å². The summed E-state index contributed by atoms with van der Waals surface area (Å²) in [7, 11) is -3.52. The summed E-state index contributed by atoms with van der Waals surface area (Å²) >= 11 is 10.5. The second kappa shape index (κ2) is 5.77. The molecule has 0 saturated heterocycles. The van der Waals surface area contributed by atoms with Crippen LogP contribution in [0.5, 0.6) is 0 Å². The first-order valence-electron chi connectivity index (χ1n) is 4.84. The number of hydrogen-bond donors (Lipinski definition) is 2. The summed E-state index contributed by atoms with van der Waals surface area (Å²) < 4.78 is 25.7. The van der Waals surface area contributed by atoms with Crippen molar-refractivity contribution in [3.05, 3.63) is 34.9 Å². The zero-order valence-electron chi connectivity index (χ0n) is 9.18. The van der Waals surface area contributed by atoms with Crippen LogP contribution in [0.2, 0.25) is 5.02 Å². The van der Waals surface area contributed by atoms with Gasteiger partial charge in [-0.15, -0.1) is 0 Å². The summed E-state index contributed by atoms with van der Waals surface area (Å²) in [6, 6.07) is 6.61. The van der Waals surface area contributed by atoms with Crippen molar-refractivity contribution < 1.29 is 8.42 Å². The number of sulfonamides is 1. The van der Waals surface area contributed by atoms with Crippen LogP contribution in [0, 0.1) is 0 Å². The van der Waals surface area contributed by atoms with Gasteiger partial charge in [-0.1, -0.05) is 42.0 Å². The molecule has 17 heavy (non-hydrogen) atoms. The van der Waals surface area contributed by atoms with Gasteiger partial charge in [0, 0.05) is 11.1 Å². The number of rotatable bonds is 5. The molecule has 0 aliphatic heterocycles. The van der Waals surface area contributed by atoms with E-state index >= 15 is 0 Å². The predicted molar refractivity (Wildman–Crippen MR) is 73.6 cm³/mol. The molecule has 0 aliphatic rings. The highest BCUT2D eigenvalue weighted by Gasteiger charge is 2.18. The van der Waals surface area contributed by atoms with Crippen LogP contribution in [0.3, 0.4) is 0 Å². The third-order valence-electron chi connectivity index (χ3n) is 2.06. The van der Waals surface area contributed by atoms with Gasteiger partial charge in [0.15, 0.2) is 0 Å².